The number of nitrogens with zero attached hydrogens (tertiary/aromatic N) is 1. The van der Waals surface area contributed by atoms with Crippen molar-refractivity contribution in [2.24, 2.45) is 0 Å². The van der Waals surface area contributed by atoms with Gasteiger partial charge in [-0.2, -0.15) is 0 Å². The third kappa shape index (κ3) is 5.65. The molecule has 3 heteroatoms. The topological polar surface area (TPSA) is 12.9 Å². The van der Waals surface area contributed by atoms with Crippen molar-refractivity contribution in [2.75, 3.05) is 0 Å². The minimum Gasteiger partial charge on any atom is -0.256 e. The van der Waals surface area contributed by atoms with Crippen molar-refractivity contribution in [3.05, 3.63) is 140 Å². The fraction of sp³-hybridized carbons (Fsp3) is 0.0789. The maximum absolute atomic E-state index is 4.52. The van der Waals surface area contributed by atoms with Gasteiger partial charge in [-0.15, -0.1) is 0 Å². The zero-order valence-electron chi connectivity index (χ0n) is 23.7. The van der Waals surface area contributed by atoms with Crippen molar-refractivity contribution in [2.45, 2.75) is 19.6 Å². The largest absolute Gasteiger partial charge is 0.256 e. The Kier molecular flexibility index (Phi) is 7.40. The van der Waals surface area contributed by atoms with Crippen LogP contribution in [0.25, 0.3) is 55.8 Å². The van der Waals surface area contributed by atoms with E-state index in [2.05, 4.69) is 156 Å². The van der Waals surface area contributed by atoms with Crippen molar-refractivity contribution in [3.8, 4) is 55.8 Å². The van der Waals surface area contributed by atoms with E-state index in [9.17, 15) is 0 Å². The van der Waals surface area contributed by atoms with Gasteiger partial charge < -0.3 is 0 Å². The van der Waals surface area contributed by atoms with E-state index in [1.165, 1.54) is 49.7 Å². The zero-order valence-corrected chi connectivity index (χ0v) is 25.7. The van der Waals surface area contributed by atoms with Gasteiger partial charge in [-0.1, -0.05) is 133 Å². The van der Waals surface area contributed by atoms with Crippen LogP contribution in [0.15, 0.2) is 140 Å². The van der Waals surface area contributed by atoms with Crippen molar-refractivity contribution >= 4 is 28.7 Å². The summed E-state index contributed by atoms with van der Waals surface area (Å²) in [6, 6.07) is 48.0. The Morgan fingerprint density at radius 3 is 1.56 bits per heavy atom. The fourth-order valence-corrected chi connectivity index (χ4v) is 7.51. The first-order valence-electron chi connectivity index (χ1n) is 14.1. The summed E-state index contributed by atoms with van der Waals surface area (Å²) in [5.41, 5.74) is 11.9. The molecule has 0 fully saturated rings. The first-order chi connectivity index (χ1) is 19.9. The standard InChI is InChI=1S/C38H32NSi2/c1-41(2,3)38-18-9-7-15-35(38)31-25-29(24-30(26-31)34-14-6-8-17-37(34)40)33-13-5-4-12-32(33)27-19-21-28(22-20-27)36-16-10-11-23-39-36/h4-26H,1-3H3. The van der Waals surface area contributed by atoms with E-state index in [4.69, 9.17) is 0 Å². The monoisotopic (exact) mass is 558 g/mol. The Balaban J connectivity index is 1.53. The number of hydrogen-bond acceptors (Lipinski definition) is 1. The number of hydrogen-bond donors (Lipinski definition) is 0. The number of aromatic nitrogens is 1. The van der Waals surface area contributed by atoms with Crippen LogP contribution in [0.4, 0.5) is 0 Å². The fourth-order valence-electron chi connectivity index (χ4n) is 5.56. The van der Waals surface area contributed by atoms with Gasteiger partial charge in [0, 0.05) is 11.8 Å². The number of pyridine rings is 1. The minimum absolute atomic E-state index is 0.985. The molecule has 197 valence electrons. The summed E-state index contributed by atoms with van der Waals surface area (Å²) in [4.78, 5) is 4.52. The van der Waals surface area contributed by atoms with E-state index in [0.717, 1.165) is 16.4 Å². The summed E-state index contributed by atoms with van der Waals surface area (Å²) < 4.78 is 0. The van der Waals surface area contributed by atoms with Gasteiger partial charge >= 0.3 is 0 Å². The molecule has 0 spiro atoms. The molecule has 0 saturated heterocycles. The lowest BCUT2D eigenvalue weighted by Gasteiger charge is -2.22. The minimum atomic E-state index is -1.58. The lowest BCUT2D eigenvalue weighted by molar-refractivity contribution is 1.33. The maximum Gasteiger partial charge on any atom is 0.0784 e. The molecule has 3 radical (unpaired) electrons. The Bertz CT molecular complexity index is 1820. The lowest BCUT2D eigenvalue weighted by Crippen LogP contribution is -2.38. The van der Waals surface area contributed by atoms with Crippen molar-refractivity contribution in [1.29, 1.82) is 0 Å². The summed E-state index contributed by atoms with van der Waals surface area (Å²) >= 11 is 0. The van der Waals surface area contributed by atoms with Crippen LogP contribution >= 0.6 is 0 Å². The predicted molar refractivity (Wildman–Crippen MR) is 180 cm³/mol. The highest BCUT2D eigenvalue weighted by molar-refractivity contribution is 6.89. The summed E-state index contributed by atoms with van der Waals surface area (Å²) in [5, 5.41) is 2.57. The maximum atomic E-state index is 4.52. The summed E-state index contributed by atoms with van der Waals surface area (Å²) in [6.07, 6.45) is 1.84. The van der Waals surface area contributed by atoms with Gasteiger partial charge in [-0.05, 0) is 74.8 Å². The van der Waals surface area contributed by atoms with Crippen LogP contribution < -0.4 is 10.4 Å². The molecule has 0 bridgehead atoms. The van der Waals surface area contributed by atoms with Crippen LogP contribution in [0.1, 0.15) is 0 Å². The molecule has 6 rings (SSSR count). The molecule has 5 aromatic carbocycles. The number of rotatable bonds is 6. The van der Waals surface area contributed by atoms with Gasteiger partial charge in [0.05, 0.1) is 24.0 Å². The van der Waals surface area contributed by atoms with E-state index in [-0.39, 0.29) is 0 Å². The van der Waals surface area contributed by atoms with E-state index < -0.39 is 8.07 Å². The van der Waals surface area contributed by atoms with Gasteiger partial charge in [0.1, 0.15) is 0 Å². The molecule has 6 aromatic rings. The van der Waals surface area contributed by atoms with Crippen LogP contribution in [0.2, 0.25) is 19.6 Å². The molecule has 0 aliphatic carbocycles. The van der Waals surface area contributed by atoms with Crippen LogP contribution in [0.3, 0.4) is 0 Å². The molecule has 0 N–H and O–H groups in total. The van der Waals surface area contributed by atoms with Crippen LogP contribution in [-0.2, 0) is 0 Å². The SMILES string of the molecule is C[Si](C)(C)c1ccccc1-c1cc(-c2ccccc2[Si])cc(-c2ccccc2-c2ccc(-c3ccccn3)cc2)c1. The highest BCUT2D eigenvalue weighted by Crippen LogP contribution is 2.37. The zero-order chi connectivity index (χ0) is 28.4. The Hall–Kier alpha value is -4.32. The van der Waals surface area contributed by atoms with Crippen molar-refractivity contribution in [1.82, 2.24) is 4.98 Å². The van der Waals surface area contributed by atoms with Gasteiger partial charge in [0.25, 0.3) is 0 Å². The van der Waals surface area contributed by atoms with Gasteiger partial charge in [0.15, 0.2) is 0 Å². The molecule has 0 aliphatic heterocycles. The third-order valence-corrected chi connectivity index (χ3v) is 10.1. The normalized spacial score (nSPS) is 11.4. The van der Waals surface area contributed by atoms with Crippen molar-refractivity contribution in [3.63, 3.8) is 0 Å². The van der Waals surface area contributed by atoms with Crippen LogP contribution in [0.5, 0.6) is 0 Å². The van der Waals surface area contributed by atoms with E-state index in [0.29, 0.717) is 0 Å². The molecule has 0 amide bonds. The second-order valence-corrected chi connectivity index (χ2v) is 17.1. The summed E-state index contributed by atoms with van der Waals surface area (Å²) in [5.74, 6) is 0. The van der Waals surface area contributed by atoms with Crippen molar-refractivity contribution < 1.29 is 0 Å². The second kappa shape index (κ2) is 11.3. The molecular weight excluding hydrogens is 527 g/mol. The Morgan fingerprint density at radius 2 is 0.951 bits per heavy atom. The van der Waals surface area contributed by atoms with E-state index >= 15 is 0 Å². The first-order valence-corrected chi connectivity index (χ1v) is 18.1. The second-order valence-electron chi connectivity index (χ2n) is 11.5. The molecule has 0 saturated carbocycles. The lowest BCUT2D eigenvalue weighted by atomic mass is 9.89. The predicted octanol–water partition coefficient (Wildman–Crippen LogP) is 8.76. The van der Waals surface area contributed by atoms with Crippen LogP contribution in [0, 0.1) is 0 Å². The summed E-state index contributed by atoms with van der Waals surface area (Å²) in [7, 11) is 2.30. The molecule has 1 heterocycles. The first kappa shape index (κ1) is 26.9. The molecule has 1 aromatic heterocycles. The third-order valence-electron chi connectivity index (χ3n) is 7.61. The summed E-state index contributed by atoms with van der Waals surface area (Å²) in [6.45, 7) is 7.27. The van der Waals surface area contributed by atoms with Gasteiger partial charge in [0.2, 0.25) is 0 Å². The van der Waals surface area contributed by atoms with E-state index in [1.54, 1.807) is 0 Å². The van der Waals surface area contributed by atoms with Gasteiger partial charge in [-0.3, -0.25) is 4.98 Å². The smallest absolute Gasteiger partial charge is 0.0784 e. The molecule has 41 heavy (non-hydrogen) atoms. The molecule has 0 atom stereocenters. The highest BCUT2D eigenvalue weighted by Gasteiger charge is 2.21. The van der Waals surface area contributed by atoms with E-state index in [1.807, 2.05) is 18.3 Å². The van der Waals surface area contributed by atoms with Crippen LogP contribution in [-0.4, -0.2) is 23.3 Å². The Morgan fingerprint density at radius 1 is 0.463 bits per heavy atom. The Labute approximate surface area is 248 Å². The highest BCUT2D eigenvalue weighted by atomic mass is 28.3. The average molecular weight is 559 g/mol. The number of benzene rings is 5. The average Bonchev–Trinajstić information content (AvgIpc) is 3.01. The molecule has 1 nitrogen and oxygen atoms in total. The molecular formula is C38H32NSi2. The quantitative estimate of drug-likeness (QED) is 0.186. The molecule has 0 aliphatic rings. The van der Waals surface area contributed by atoms with Gasteiger partial charge in [-0.25, -0.2) is 0 Å². The molecule has 0 unspecified atom stereocenters.